The van der Waals surface area contributed by atoms with Crippen LogP contribution in [0.3, 0.4) is 0 Å². The van der Waals surface area contributed by atoms with Crippen molar-refractivity contribution in [2.24, 2.45) is 0 Å². The number of carbonyl (C=O) groups is 2. The molecule has 7 nitrogen and oxygen atoms in total. The number of benzene rings is 2. The fourth-order valence-electron chi connectivity index (χ4n) is 3.49. The SMILES string of the molecule is COc1ccc(OC)c(NCC(=O)Nc2ccc(C(=O)N3CCCCCC3)cc2)c1. The van der Waals surface area contributed by atoms with E-state index in [2.05, 4.69) is 10.6 Å². The van der Waals surface area contributed by atoms with E-state index in [1.807, 2.05) is 4.90 Å². The predicted molar refractivity (Wildman–Crippen MR) is 117 cm³/mol. The second-order valence-corrected chi connectivity index (χ2v) is 7.25. The van der Waals surface area contributed by atoms with Gasteiger partial charge in [-0.05, 0) is 49.2 Å². The number of methoxy groups -OCH3 is 2. The van der Waals surface area contributed by atoms with Gasteiger partial charge in [0.25, 0.3) is 5.91 Å². The number of amides is 2. The van der Waals surface area contributed by atoms with Crippen LogP contribution in [0, 0.1) is 0 Å². The fourth-order valence-corrected chi connectivity index (χ4v) is 3.49. The summed E-state index contributed by atoms with van der Waals surface area (Å²) in [6.45, 7) is 1.70. The maximum absolute atomic E-state index is 12.7. The van der Waals surface area contributed by atoms with Crippen LogP contribution in [-0.4, -0.2) is 50.6 Å². The van der Waals surface area contributed by atoms with Crippen LogP contribution in [0.1, 0.15) is 36.0 Å². The summed E-state index contributed by atoms with van der Waals surface area (Å²) in [7, 11) is 3.15. The van der Waals surface area contributed by atoms with Crippen molar-refractivity contribution in [3.63, 3.8) is 0 Å². The Labute approximate surface area is 177 Å². The Hall–Kier alpha value is -3.22. The normalized spacial score (nSPS) is 13.9. The van der Waals surface area contributed by atoms with E-state index in [1.165, 1.54) is 12.8 Å². The minimum atomic E-state index is -0.202. The quantitative estimate of drug-likeness (QED) is 0.725. The molecule has 0 radical (unpaired) electrons. The monoisotopic (exact) mass is 411 g/mol. The van der Waals surface area contributed by atoms with Crippen molar-refractivity contribution in [1.82, 2.24) is 4.90 Å². The Morgan fingerprint density at radius 1 is 0.933 bits per heavy atom. The molecule has 1 fully saturated rings. The standard InChI is InChI=1S/C23H29N3O4/c1-29-19-11-12-21(30-2)20(15-19)24-16-22(27)25-18-9-7-17(8-10-18)23(28)26-13-5-3-4-6-14-26/h7-12,15,24H,3-6,13-14,16H2,1-2H3,(H,25,27). The first-order valence-corrected chi connectivity index (χ1v) is 10.3. The average Bonchev–Trinajstić information content (AvgIpc) is 3.07. The van der Waals surface area contributed by atoms with Gasteiger partial charge in [-0.1, -0.05) is 12.8 Å². The lowest BCUT2D eigenvalue weighted by Gasteiger charge is -2.20. The van der Waals surface area contributed by atoms with E-state index in [1.54, 1.807) is 56.7 Å². The summed E-state index contributed by atoms with van der Waals surface area (Å²) < 4.78 is 10.5. The highest BCUT2D eigenvalue weighted by Crippen LogP contribution is 2.28. The third-order valence-electron chi connectivity index (χ3n) is 5.15. The molecule has 2 aromatic carbocycles. The van der Waals surface area contributed by atoms with Crippen molar-refractivity contribution in [1.29, 1.82) is 0 Å². The summed E-state index contributed by atoms with van der Waals surface area (Å²) in [5.74, 6) is 1.15. The van der Waals surface area contributed by atoms with Crippen LogP contribution >= 0.6 is 0 Å². The molecule has 30 heavy (non-hydrogen) atoms. The molecular formula is C23H29N3O4. The molecule has 2 N–H and O–H groups in total. The van der Waals surface area contributed by atoms with Gasteiger partial charge in [-0.15, -0.1) is 0 Å². The first-order valence-electron chi connectivity index (χ1n) is 10.3. The van der Waals surface area contributed by atoms with Crippen LogP contribution in [-0.2, 0) is 4.79 Å². The molecule has 0 saturated carbocycles. The topological polar surface area (TPSA) is 79.9 Å². The maximum Gasteiger partial charge on any atom is 0.253 e. The number of nitrogens with zero attached hydrogens (tertiary/aromatic N) is 1. The summed E-state index contributed by atoms with van der Waals surface area (Å²) in [6, 6.07) is 12.4. The van der Waals surface area contributed by atoms with Gasteiger partial charge >= 0.3 is 0 Å². The van der Waals surface area contributed by atoms with Gasteiger partial charge in [-0.3, -0.25) is 9.59 Å². The zero-order valence-electron chi connectivity index (χ0n) is 17.6. The average molecular weight is 412 g/mol. The first kappa shape index (κ1) is 21.5. The summed E-state index contributed by atoms with van der Waals surface area (Å²) in [5, 5.41) is 5.90. The van der Waals surface area contributed by atoms with Gasteiger partial charge in [-0.2, -0.15) is 0 Å². The highest BCUT2D eigenvalue weighted by Gasteiger charge is 2.17. The van der Waals surface area contributed by atoms with Gasteiger partial charge in [0.05, 0.1) is 26.5 Å². The zero-order chi connectivity index (χ0) is 21.3. The number of rotatable bonds is 7. The lowest BCUT2D eigenvalue weighted by atomic mass is 10.1. The molecule has 1 saturated heterocycles. The van der Waals surface area contributed by atoms with E-state index in [9.17, 15) is 9.59 Å². The van der Waals surface area contributed by atoms with E-state index in [0.717, 1.165) is 25.9 Å². The van der Waals surface area contributed by atoms with Crippen molar-refractivity contribution in [3.05, 3.63) is 48.0 Å². The third-order valence-corrected chi connectivity index (χ3v) is 5.15. The number of likely N-dealkylation sites (tertiary alicyclic amines) is 1. The second-order valence-electron chi connectivity index (χ2n) is 7.25. The third kappa shape index (κ3) is 5.65. The van der Waals surface area contributed by atoms with Crippen molar-refractivity contribution in [2.45, 2.75) is 25.7 Å². The van der Waals surface area contributed by atoms with E-state index < -0.39 is 0 Å². The lowest BCUT2D eigenvalue weighted by molar-refractivity contribution is -0.114. The minimum absolute atomic E-state index is 0.0570. The van der Waals surface area contributed by atoms with Gasteiger partial charge < -0.3 is 25.0 Å². The molecule has 7 heteroatoms. The summed E-state index contributed by atoms with van der Waals surface area (Å²) in [6.07, 6.45) is 4.49. The molecule has 1 heterocycles. The summed E-state index contributed by atoms with van der Waals surface area (Å²) in [4.78, 5) is 26.9. The van der Waals surface area contributed by atoms with Crippen molar-refractivity contribution >= 4 is 23.2 Å². The molecule has 0 spiro atoms. The van der Waals surface area contributed by atoms with Gasteiger partial charge in [0.15, 0.2) is 0 Å². The van der Waals surface area contributed by atoms with E-state index in [0.29, 0.717) is 28.4 Å². The molecule has 3 rings (SSSR count). The summed E-state index contributed by atoms with van der Waals surface area (Å²) >= 11 is 0. The number of anilines is 2. The van der Waals surface area contributed by atoms with Gasteiger partial charge in [0, 0.05) is 30.4 Å². The van der Waals surface area contributed by atoms with Crippen molar-refractivity contribution in [2.75, 3.05) is 44.5 Å². The highest BCUT2D eigenvalue weighted by molar-refractivity contribution is 5.96. The molecule has 160 valence electrons. The zero-order valence-corrected chi connectivity index (χ0v) is 17.6. The molecule has 0 aromatic heterocycles. The molecule has 2 amide bonds. The predicted octanol–water partition coefficient (Wildman–Crippen LogP) is 3.77. The number of hydrogen-bond donors (Lipinski definition) is 2. The Balaban J connectivity index is 1.55. The molecule has 0 bridgehead atoms. The number of hydrogen-bond acceptors (Lipinski definition) is 5. The molecule has 2 aromatic rings. The smallest absolute Gasteiger partial charge is 0.253 e. The fraction of sp³-hybridized carbons (Fsp3) is 0.391. The minimum Gasteiger partial charge on any atom is -0.497 e. The molecular weight excluding hydrogens is 382 g/mol. The van der Waals surface area contributed by atoms with Gasteiger partial charge in [0.1, 0.15) is 11.5 Å². The van der Waals surface area contributed by atoms with Crippen molar-refractivity contribution in [3.8, 4) is 11.5 Å². The van der Waals surface area contributed by atoms with Crippen molar-refractivity contribution < 1.29 is 19.1 Å². The Morgan fingerprint density at radius 3 is 2.27 bits per heavy atom. The summed E-state index contributed by atoms with van der Waals surface area (Å²) in [5.41, 5.74) is 1.96. The van der Waals surface area contributed by atoms with Crippen LogP contribution < -0.4 is 20.1 Å². The maximum atomic E-state index is 12.7. The molecule has 1 aliphatic heterocycles. The second kappa shape index (κ2) is 10.5. The molecule has 1 aliphatic rings. The van der Waals surface area contributed by atoms with Crippen LogP contribution in [0.2, 0.25) is 0 Å². The number of nitrogens with one attached hydrogen (secondary N) is 2. The van der Waals surface area contributed by atoms with Gasteiger partial charge in [0.2, 0.25) is 5.91 Å². The van der Waals surface area contributed by atoms with E-state index in [4.69, 9.17) is 9.47 Å². The first-order chi connectivity index (χ1) is 14.6. The van der Waals surface area contributed by atoms with Gasteiger partial charge in [-0.25, -0.2) is 0 Å². The molecule has 0 aliphatic carbocycles. The number of ether oxygens (including phenoxy) is 2. The van der Waals surface area contributed by atoms with E-state index in [-0.39, 0.29) is 18.4 Å². The molecule has 0 atom stereocenters. The van der Waals surface area contributed by atoms with Crippen LogP contribution in [0.15, 0.2) is 42.5 Å². The number of carbonyl (C=O) groups excluding carboxylic acids is 2. The lowest BCUT2D eigenvalue weighted by Crippen LogP contribution is -2.31. The van der Waals surface area contributed by atoms with Crippen LogP contribution in [0.25, 0.3) is 0 Å². The Kier molecular flexibility index (Phi) is 7.54. The Morgan fingerprint density at radius 2 is 1.63 bits per heavy atom. The van der Waals surface area contributed by atoms with Crippen LogP contribution in [0.5, 0.6) is 11.5 Å². The highest BCUT2D eigenvalue weighted by atomic mass is 16.5. The van der Waals surface area contributed by atoms with E-state index >= 15 is 0 Å². The van der Waals surface area contributed by atoms with Crippen LogP contribution in [0.4, 0.5) is 11.4 Å². The Bertz CT molecular complexity index is 859. The largest absolute Gasteiger partial charge is 0.497 e. The molecule has 0 unspecified atom stereocenters.